The Balaban J connectivity index is 1.99. The summed E-state index contributed by atoms with van der Waals surface area (Å²) in [6.45, 7) is 2.02. The van der Waals surface area contributed by atoms with Crippen LogP contribution in [-0.4, -0.2) is 4.98 Å². The monoisotopic (exact) mass is 274 g/mol. The van der Waals surface area contributed by atoms with Crippen molar-refractivity contribution in [2.45, 2.75) is 13.0 Å². The summed E-state index contributed by atoms with van der Waals surface area (Å²) < 4.78 is 0. The van der Waals surface area contributed by atoms with Crippen molar-refractivity contribution >= 4 is 5.69 Å². The van der Waals surface area contributed by atoms with Gasteiger partial charge in [-0.25, -0.2) is 0 Å². The number of anilines is 1. The topological polar surface area (TPSA) is 24.9 Å². The second kappa shape index (κ2) is 6.23. The number of aromatic nitrogens is 1. The van der Waals surface area contributed by atoms with E-state index in [2.05, 4.69) is 64.9 Å². The summed E-state index contributed by atoms with van der Waals surface area (Å²) in [5.74, 6) is 0. The molecule has 104 valence electrons. The molecule has 0 aliphatic carbocycles. The van der Waals surface area contributed by atoms with Crippen LogP contribution in [0.3, 0.4) is 0 Å². The molecule has 0 saturated heterocycles. The third kappa shape index (κ3) is 3.11. The third-order valence-corrected chi connectivity index (χ3v) is 3.57. The Morgan fingerprint density at radius 2 is 1.33 bits per heavy atom. The first kappa shape index (κ1) is 13.4. The van der Waals surface area contributed by atoms with Crippen molar-refractivity contribution in [3.8, 4) is 0 Å². The number of nitrogens with one attached hydrogen (secondary N) is 1. The predicted octanol–water partition coefficient (Wildman–Crippen LogP) is 4.59. The SMILES string of the molecule is Cc1ncccc1NC(c1ccccc1)c1ccccc1. The molecule has 0 saturated carbocycles. The quantitative estimate of drug-likeness (QED) is 0.752. The highest BCUT2D eigenvalue weighted by atomic mass is 14.9. The molecule has 0 aliphatic heterocycles. The lowest BCUT2D eigenvalue weighted by molar-refractivity contribution is 0.931. The first-order valence-corrected chi connectivity index (χ1v) is 7.12. The molecule has 0 amide bonds. The maximum absolute atomic E-state index is 4.36. The molecular weight excluding hydrogens is 256 g/mol. The van der Waals surface area contributed by atoms with Crippen LogP contribution in [0.1, 0.15) is 22.9 Å². The first-order chi connectivity index (χ1) is 10.3. The lowest BCUT2D eigenvalue weighted by atomic mass is 9.98. The van der Waals surface area contributed by atoms with Crippen molar-refractivity contribution in [3.63, 3.8) is 0 Å². The van der Waals surface area contributed by atoms with Gasteiger partial charge in [0.25, 0.3) is 0 Å². The molecule has 21 heavy (non-hydrogen) atoms. The molecule has 2 nitrogen and oxygen atoms in total. The summed E-state index contributed by atoms with van der Waals surface area (Å²) in [7, 11) is 0. The highest BCUT2D eigenvalue weighted by molar-refractivity contribution is 5.51. The Morgan fingerprint density at radius 3 is 1.86 bits per heavy atom. The van der Waals surface area contributed by atoms with Crippen molar-refractivity contribution in [2.75, 3.05) is 5.32 Å². The number of benzene rings is 2. The van der Waals surface area contributed by atoms with Crippen molar-refractivity contribution < 1.29 is 0 Å². The van der Waals surface area contributed by atoms with Gasteiger partial charge in [-0.1, -0.05) is 60.7 Å². The van der Waals surface area contributed by atoms with Crippen molar-refractivity contribution in [1.82, 2.24) is 4.98 Å². The molecule has 0 radical (unpaired) electrons. The van der Waals surface area contributed by atoms with Gasteiger partial charge in [-0.15, -0.1) is 0 Å². The summed E-state index contributed by atoms with van der Waals surface area (Å²) in [5.41, 5.74) is 4.56. The van der Waals surface area contributed by atoms with Crippen LogP contribution in [0.25, 0.3) is 0 Å². The Hall–Kier alpha value is -2.61. The van der Waals surface area contributed by atoms with E-state index in [4.69, 9.17) is 0 Å². The molecule has 3 aromatic rings. The first-order valence-electron chi connectivity index (χ1n) is 7.12. The van der Waals surface area contributed by atoms with Crippen LogP contribution in [0, 0.1) is 6.92 Å². The molecule has 1 aromatic heterocycles. The van der Waals surface area contributed by atoms with E-state index in [1.807, 2.05) is 31.3 Å². The number of nitrogens with zero attached hydrogens (tertiary/aromatic N) is 1. The molecule has 2 heteroatoms. The van der Waals surface area contributed by atoms with E-state index in [-0.39, 0.29) is 6.04 Å². The minimum absolute atomic E-state index is 0.121. The minimum atomic E-state index is 0.121. The third-order valence-electron chi connectivity index (χ3n) is 3.57. The van der Waals surface area contributed by atoms with Gasteiger partial charge in [-0.3, -0.25) is 4.98 Å². The minimum Gasteiger partial charge on any atom is -0.373 e. The average Bonchev–Trinajstić information content (AvgIpc) is 2.56. The highest BCUT2D eigenvalue weighted by Crippen LogP contribution is 2.27. The van der Waals surface area contributed by atoms with Gasteiger partial charge in [-0.2, -0.15) is 0 Å². The molecule has 0 spiro atoms. The Kier molecular flexibility index (Phi) is 3.97. The zero-order valence-corrected chi connectivity index (χ0v) is 12.0. The second-order valence-corrected chi connectivity index (χ2v) is 5.04. The molecule has 3 rings (SSSR count). The lowest BCUT2D eigenvalue weighted by Crippen LogP contribution is -2.13. The highest BCUT2D eigenvalue weighted by Gasteiger charge is 2.14. The van der Waals surface area contributed by atoms with Gasteiger partial charge in [0, 0.05) is 6.20 Å². The van der Waals surface area contributed by atoms with E-state index in [0.29, 0.717) is 0 Å². The van der Waals surface area contributed by atoms with E-state index < -0.39 is 0 Å². The Labute approximate surface area is 125 Å². The fraction of sp³-hybridized carbons (Fsp3) is 0.105. The molecule has 2 aromatic carbocycles. The molecule has 0 fully saturated rings. The number of hydrogen-bond donors (Lipinski definition) is 1. The van der Waals surface area contributed by atoms with Crippen LogP contribution in [0.2, 0.25) is 0 Å². The summed E-state index contributed by atoms with van der Waals surface area (Å²) in [4.78, 5) is 4.36. The van der Waals surface area contributed by atoms with Gasteiger partial charge in [0.2, 0.25) is 0 Å². The molecule has 0 unspecified atom stereocenters. The van der Waals surface area contributed by atoms with Crippen LogP contribution < -0.4 is 5.32 Å². The van der Waals surface area contributed by atoms with E-state index >= 15 is 0 Å². The molecule has 1 N–H and O–H groups in total. The van der Waals surface area contributed by atoms with Crippen molar-refractivity contribution in [2.24, 2.45) is 0 Å². The van der Waals surface area contributed by atoms with Crippen LogP contribution in [0.5, 0.6) is 0 Å². The van der Waals surface area contributed by atoms with Gasteiger partial charge in [0.15, 0.2) is 0 Å². The number of hydrogen-bond acceptors (Lipinski definition) is 2. The zero-order chi connectivity index (χ0) is 14.5. The maximum Gasteiger partial charge on any atom is 0.0768 e. The van der Waals surface area contributed by atoms with Gasteiger partial charge in [0.1, 0.15) is 0 Å². The second-order valence-electron chi connectivity index (χ2n) is 5.04. The van der Waals surface area contributed by atoms with Crippen LogP contribution in [0.4, 0.5) is 5.69 Å². The van der Waals surface area contributed by atoms with Gasteiger partial charge in [-0.05, 0) is 30.2 Å². The molecule has 0 bridgehead atoms. The van der Waals surface area contributed by atoms with Gasteiger partial charge in [0.05, 0.1) is 17.4 Å². The average molecular weight is 274 g/mol. The number of pyridine rings is 1. The number of aryl methyl sites for hydroxylation is 1. The van der Waals surface area contributed by atoms with Crippen LogP contribution in [0.15, 0.2) is 79.0 Å². The molecule has 1 heterocycles. The lowest BCUT2D eigenvalue weighted by Gasteiger charge is -2.22. The Morgan fingerprint density at radius 1 is 0.762 bits per heavy atom. The largest absolute Gasteiger partial charge is 0.373 e. The smallest absolute Gasteiger partial charge is 0.0768 e. The van der Waals surface area contributed by atoms with Crippen molar-refractivity contribution in [3.05, 3.63) is 95.8 Å². The molecular formula is C19H18N2. The summed E-state index contributed by atoms with van der Waals surface area (Å²) in [5, 5.41) is 3.62. The number of rotatable bonds is 4. The van der Waals surface area contributed by atoms with Gasteiger partial charge >= 0.3 is 0 Å². The molecule has 0 aliphatic rings. The van der Waals surface area contributed by atoms with E-state index in [1.54, 1.807) is 0 Å². The van der Waals surface area contributed by atoms with E-state index in [9.17, 15) is 0 Å². The fourth-order valence-corrected chi connectivity index (χ4v) is 2.44. The Bertz CT molecular complexity index is 654. The van der Waals surface area contributed by atoms with Crippen molar-refractivity contribution in [1.29, 1.82) is 0 Å². The maximum atomic E-state index is 4.36. The summed E-state index contributed by atoms with van der Waals surface area (Å²) in [6.07, 6.45) is 1.82. The van der Waals surface area contributed by atoms with E-state index in [0.717, 1.165) is 11.4 Å². The zero-order valence-electron chi connectivity index (χ0n) is 12.0. The summed E-state index contributed by atoms with van der Waals surface area (Å²) >= 11 is 0. The van der Waals surface area contributed by atoms with Crippen LogP contribution >= 0.6 is 0 Å². The fourth-order valence-electron chi connectivity index (χ4n) is 2.44. The standard InChI is InChI=1S/C19H18N2/c1-15-18(13-8-14-20-15)21-19(16-9-4-2-5-10-16)17-11-6-3-7-12-17/h2-14,19,21H,1H3. The molecule has 0 atom stereocenters. The normalized spacial score (nSPS) is 10.6. The predicted molar refractivity (Wildman–Crippen MR) is 87.3 cm³/mol. The summed E-state index contributed by atoms with van der Waals surface area (Å²) in [6, 6.07) is 25.1. The van der Waals surface area contributed by atoms with Gasteiger partial charge < -0.3 is 5.32 Å². The van der Waals surface area contributed by atoms with Crippen LogP contribution in [-0.2, 0) is 0 Å². The van der Waals surface area contributed by atoms with E-state index in [1.165, 1.54) is 11.1 Å².